The second-order valence-electron chi connectivity index (χ2n) is 3.85. The summed E-state index contributed by atoms with van der Waals surface area (Å²) in [6.45, 7) is 5.07. The van der Waals surface area contributed by atoms with Crippen LogP contribution in [0.25, 0.3) is 0 Å². The highest BCUT2D eigenvalue weighted by Crippen LogP contribution is 2.18. The molecule has 0 fully saturated rings. The lowest BCUT2D eigenvalue weighted by molar-refractivity contribution is 0.521. The van der Waals surface area contributed by atoms with Crippen molar-refractivity contribution < 1.29 is 8.42 Å². The highest BCUT2D eigenvalue weighted by molar-refractivity contribution is 7.93. The van der Waals surface area contributed by atoms with E-state index in [-0.39, 0.29) is 5.75 Å². The van der Waals surface area contributed by atoms with Crippen LogP contribution in [0.4, 0.5) is 0 Å². The first kappa shape index (κ1) is 13.7. The van der Waals surface area contributed by atoms with Crippen LogP contribution in [-0.2, 0) is 9.84 Å². The molecule has 0 saturated heterocycles. The van der Waals surface area contributed by atoms with Crippen LogP contribution in [0, 0.1) is 0 Å². The summed E-state index contributed by atoms with van der Waals surface area (Å²) in [6.07, 6.45) is 1.62. The Morgan fingerprint density at radius 2 is 2.25 bits per heavy atom. The summed E-state index contributed by atoms with van der Waals surface area (Å²) in [6, 6.07) is 3.84. The number of thiophene rings is 1. The van der Waals surface area contributed by atoms with E-state index in [9.17, 15) is 8.42 Å². The summed E-state index contributed by atoms with van der Waals surface area (Å²) in [5.41, 5.74) is 0. The predicted octanol–water partition coefficient (Wildman–Crippen LogP) is 2.30. The van der Waals surface area contributed by atoms with Crippen LogP contribution in [-0.4, -0.2) is 26.8 Å². The Bertz CT molecular complexity index is 384. The van der Waals surface area contributed by atoms with Gasteiger partial charge in [0, 0.05) is 6.04 Å². The molecule has 1 atom stereocenters. The lowest BCUT2D eigenvalue weighted by Crippen LogP contribution is -2.26. The first-order chi connectivity index (χ1) is 7.56. The zero-order chi connectivity index (χ0) is 12.0. The van der Waals surface area contributed by atoms with Crippen LogP contribution >= 0.6 is 11.3 Å². The van der Waals surface area contributed by atoms with Crippen molar-refractivity contribution in [2.24, 2.45) is 0 Å². The van der Waals surface area contributed by atoms with Gasteiger partial charge in [-0.1, -0.05) is 13.0 Å². The molecule has 0 bridgehead atoms. The molecule has 92 valence electrons. The van der Waals surface area contributed by atoms with E-state index in [1.54, 1.807) is 17.5 Å². The third-order valence-electron chi connectivity index (χ3n) is 2.40. The summed E-state index contributed by atoms with van der Waals surface area (Å²) in [5, 5.41) is 5.07. The molecular weight excluding hydrogens is 242 g/mol. The molecule has 0 spiro atoms. The van der Waals surface area contributed by atoms with Gasteiger partial charge in [-0.05, 0) is 37.8 Å². The van der Waals surface area contributed by atoms with Crippen LogP contribution in [0.15, 0.2) is 21.7 Å². The average molecular weight is 261 g/mol. The molecule has 16 heavy (non-hydrogen) atoms. The lowest BCUT2D eigenvalue weighted by atomic mass is 10.2. The fraction of sp³-hybridized carbons (Fsp3) is 0.636. The molecule has 5 heteroatoms. The molecule has 1 unspecified atom stereocenters. The van der Waals surface area contributed by atoms with Crippen molar-refractivity contribution in [3.8, 4) is 0 Å². The van der Waals surface area contributed by atoms with E-state index in [1.807, 2.05) is 0 Å². The molecule has 3 nitrogen and oxygen atoms in total. The summed E-state index contributed by atoms with van der Waals surface area (Å²) in [4.78, 5) is 0. The van der Waals surface area contributed by atoms with Gasteiger partial charge in [0.15, 0.2) is 9.84 Å². The minimum absolute atomic E-state index is 0.253. The Labute approximate surface area is 102 Å². The first-order valence-corrected chi connectivity index (χ1v) is 8.09. The molecule has 1 heterocycles. The molecular formula is C11H19NO2S2. The van der Waals surface area contributed by atoms with Gasteiger partial charge in [0.2, 0.25) is 0 Å². The van der Waals surface area contributed by atoms with E-state index in [0.29, 0.717) is 16.7 Å². The van der Waals surface area contributed by atoms with Gasteiger partial charge in [0.25, 0.3) is 0 Å². The Hall–Kier alpha value is -0.390. The quantitative estimate of drug-likeness (QED) is 0.819. The monoisotopic (exact) mass is 261 g/mol. The Morgan fingerprint density at radius 3 is 2.81 bits per heavy atom. The largest absolute Gasteiger partial charge is 0.315 e. The van der Waals surface area contributed by atoms with Gasteiger partial charge in [0.1, 0.15) is 4.21 Å². The first-order valence-electron chi connectivity index (χ1n) is 5.56. The van der Waals surface area contributed by atoms with Crippen molar-refractivity contribution in [3.05, 3.63) is 17.5 Å². The smallest absolute Gasteiger partial charge is 0.187 e. The number of hydrogen-bond donors (Lipinski definition) is 1. The van der Waals surface area contributed by atoms with Crippen molar-refractivity contribution in [3.63, 3.8) is 0 Å². The summed E-state index contributed by atoms with van der Waals surface area (Å²) in [5.74, 6) is 0.253. The molecule has 1 aromatic heterocycles. The van der Waals surface area contributed by atoms with Crippen LogP contribution in [0.3, 0.4) is 0 Å². The normalized spacial score (nSPS) is 13.9. The van der Waals surface area contributed by atoms with Crippen molar-refractivity contribution in [1.29, 1.82) is 0 Å². The van der Waals surface area contributed by atoms with Crippen molar-refractivity contribution >= 4 is 21.2 Å². The van der Waals surface area contributed by atoms with Gasteiger partial charge in [-0.25, -0.2) is 8.42 Å². The maximum Gasteiger partial charge on any atom is 0.187 e. The molecule has 0 amide bonds. The van der Waals surface area contributed by atoms with E-state index in [2.05, 4.69) is 19.2 Å². The molecule has 0 aliphatic rings. The maximum atomic E-state index is 11.8. The summed E-state index contributed by atoms with van der Waals surface area (Å²) < 4.78 is 24.1. The van der Waals surface area contributed by atoms with Crippen LogP contribution in [0.5, 0.6) is 0 Å². The maximum absolute atomic E-state index is 11.8. The van der Waals surface area contributed by atoms with Crippen molar-refractivity contribution in [2.75, 3.05) is 12.3 Å². The highest BCUT2D eigenvalue weighted by atomic mass is 32.2. The molecule has 0 aliphatic carbocycles. The lowest BCUT2D eigenvalue weighted by Gasteiger charge is -2.11. The Morgan fingerprint density at radius 1 is 1.50 bits per heavy atom. The molecule has 1 N–H and O–H groups in total. The van der Waals surface area contributed by atoms with Gasteiger partial charge in [-0.15, -0.1) is 11.3 Å². The minimum atomic E-state index is -3.04. The number of hydrogen-bond acceptors (Lipinski definition) is 4. The van der Waals surface area contributed by atoms with E-state index in [0.717, 1.165) is 13.0 Å². The zero-order valence-electron chi connectivity index (χ0n) is 9.77. The SMILES string of the molecule is CCNC(C)CCCS(=O)(=O)c1cccs1. The number of rotatable bonds is 7. The molecule has 0 radical (unpaired) electrons. The molecule has 1 aromatic rings. The van der Waals surface area contributed by atoms with Crippen molar-refractivity contribution in [2.45, 2.75) is 36.9 Å². The number of nitrogens with one attached hydrogen (secondary N) is 1. The third kappa shape index (κ3) is 4.23. The van der Waals surface area contributed by atoms with Crippen LogP contribution < -0.4 is 5.32 Å². The average Bonchev–Trinajstić information content (AvgIpc) is 2.71. The molecule has 1 rings (SSSR count). The van der Waals surface area contributed by atoms with E-state index in [1.165, 1.54) is 11.3 Å². The minimum Gasteiger partial charge on any atom is -0.315 e. The molecule has 0 aromatic carbocycles. The van der Waals surface area contributed by atoms with Gasteiger partial charge >= 0.3 is 0 Å². The van der Waals surface area contributed by atoms with E-state index < -0.39 is 9.84 Å². The van der Waals surface area contributed by atoms with Gasteiger partial charge < -0.3 is 5.32 Å². The Kier molecular flexibility index (Phi) is 5.44. The third-order valence-corrected chi connectivity index (χ3v) is 5.69. The van der Waals surface area contributed by atoms with E-state index in [4.69, 9.17) is 0 Å². The predicted molar refractivity (Wildman–Crippen MR) is 68.7 cm³/mol. The van der Waals surface area contributed by atoms with Gasteiger partial charge in [0.05, 0.1) is 5.75 Å². The second-order valence-corrected chi connectivity index (χ2v) is 7.14. The van der Waals surface area contributed by atoms with Crippen LogP contribution in [0.1, 0.15) is 26.7 Å². The summed E-state index contributed by atoms with van der Waals surface area (Å²) in [7, 11) is -3.04. The molecule has 0 aliphatic heterocycles. The second kappa shape index (κ2) is 6.37. The van der Waals surface area contributed by atoms with Gasteiger partial charge in [-0.2, -0.15) is 0 Å². The Balaban J connectivity index is 2.38. The topological polar surface area (TPSA) is 46.2 Å². The van der Waals surface area contributed by atoms with Crippen LogP contribution in [0.2, 0.25) is 0 Å². The summed E-state index contributed by atoms with van der Waals surface area (Å²) >= 11 is 1.30. The number of sulfone groups is 1. The van der Waals surface area contributed by atoms with E-state index >= 15 is 0 Å². The van der Waals surface area contributed by atoms with Crippen molar-refractivity contribution in [1.82, 2.24) is 5.32 Å². The molecule has 0 saturated carbocycles. The highest BCUT2D eigenvalue weighted by Gasteiger charge is 2.15. The fourth-order valence-electron chi connectivity index (χ4n) is 1.57. The standard InChI is InChI=1S/C11H19NO2S2/c1-3-12-10(2)6-5-9-16(13,14)11-7-4-8-15-11/h4,7-8,10,12H,3,5-6,9H2,1-2H3. The van der Waals surface area contributed by atoms with Gasteiger partial charge in [-0.3, -0.25) is 0 Å². The fourth-order valence-corrected chi connectivity index (χ4v) is 4.06. The zero-order valence-corrected chi connectivity index (χ0v) is 11.4.